The van der Waals surface area contributed by atoms with Gasteiger partial charge < -0.3 is 9.15 Å². The first-order valence-corrected chi connectivity index (χ1v) is 8.55. The van der Waals surface area contributed by atoms with Gasteiger partial charge in [0.1, 0.15) is 5.75 Å². The minimum Gasteiger partial charge on any atom is -0.496 e. The molecule has 0 atom stereocenters. The summed E-state index contributed by atoms with van der Waals surface area (Å²) in [6, 6.07) is 6.00. The van der Waals surface area contributed by atoms with Gasteiger partial charge in [-0.2, -0.15) is 0 Å². The van der Waals surface area contributed by atoms with Crippen molar-refractivity contribution in [3.63, 3.8) is 0 Å². The van der Waals surface area contributed by atoms with Crippen LogP contribution in [-0.4, -0.2) is 23.6 Å². The third-order valence-electron chi connectivity index (χ3n) is 3.35. The Morgan fingerprint density at radius 1 is 1.19 bits per heavy atom. The third kappa shape index (κ3) is 4.24. The topological polar surface area (TPSA) is 48.2 Å². The number of unbranched alkanes of at least 4 members (excludes halogenated alkanes) is 3. The van der Waals surface area contributed by atoms with Crippen LogP contribution < -0.4 is 4.74 Å². The lowest BCUT2D eigenvalue weighted by Crippen LogP contribution is -1.88. The van der Waals surface area contributed by atoms with Gasteiger partial charge in [-0.25, -0.2) is 0 Å². The van der Waals surface area contributed by atoms with Crippen molar-refractivity contribution in [1.82, 2.24) is 10.2 Å². The van der Waals surface area contributed by atoms with Gasteiger partial charge in [0.25, 0.3) is 5.89 Å². The van der Waals surface area contributed by atoms with Crippen LogP contribution in [0.3, 0.4) is 0 Å². The first-order chi connectivity index (χ1) is 10.3. The molecule has 0 aliphatic heterocycles. The molecule has 5 heteroatoms. The molecule has 0 radical (unpaired) electrons. The lowest BCUT2D eigenvalue weighted by Gasteiger charge is -2.06. The summed E-state index contributed by atoms with van der Waals surface area (Å²) < 4.78 is 11.2. The second-order valence-electron chi connectivity index (χ2n) is 4.88. The molecule has 2 rings (SSSR count). The maximum atomic E-state index is 5.76. The fraction of sp³-hybridized carbons (Fsp3) is 0.500. The zero-order valence-electron chi connectivity index (χ0n) is 12.9. The van der Waals surface area contributed by atoms with Crippen LogP contribution in [-0.2, 0) is 6.42 Å². The normalized spacial score (nSPS) is 10.8. The van der Waals surface area contributed by atoms with Gasteiger partial charge in [-0.3, -0.25) is 0 Å². The summed E-state index contributed by atoms with van der Waals surface area (Å²) in [4.78, 5) is 1.15. The Morgan fingerprint density at radius 3 is 2.76 bits per heavy atom. The molecule has 0 bridgehead atoms. The zero-order chi connectivity index (χ0) is 15.1. The van der Waals surface area contributed by atoms with E-state index in [-0.39, 0.29) is 0 Å². The van der Waals surface area contributed by atoms with Crippen molar-refractivity contribution in [2.75, 3.05) is 13.4 Å². The summed E-state index contributed by atoms with van der Waals surface area (Å²) >= 11 is 1.68. The number of rotatable bonds is 8. The Kier molecular flexibility index (Phi) is 6.11. The molecule has 0 spiro atoms. The van der Waals surface area contributed by atoms with E-state index >= 15 is 0 Å². The fourth-order valence-corrected chi connectivity index (χ4v) is 2.57. The molecule has 0 saturated carbocycles. The van der Waals surface area contributed by atoms with Crippen molar-refractivity contribution in [2.45, 2.75) is 43.9 Å². The number of nitrogens with zero attached hydrogens (tertiary/aromatic N) is 2. The molecule has 0 unspecified atom stereocenters. The maximum Gasteiger partial charge on any atom is 0.251 e. The summed E-state index contributed by atoms with van der Waals surface area (Å²) in [5.74, 6) is 2.00. The second kappa shape index (κ2) is 8.08. The van der Waals surface area contributed by atoms with E-state index in [0.717, 1.165) is 29.1 Å². The molecule has 21 heavy (non-hydrogen) atoms. The number of thioether (sulfide) groups is 1. The highest BCUT2D eigenvalue weighted by atomic mass is 32.2. The van der Waals surface area contributed by atoms with Crippen LogP contribution in [0.15, 0.2) is 27.5 Å². The van der Waals surface area contributed by atoms with Gasteiger partial charge in [0.05, 0.1) is 12.7 Å². The zero-order valence-corrected chi connectivity index (χ0v) is 13.7. The Bertz CT molecular complexity index is 569. The first-order valence-electron chi connectivity index (χ1n) is 7.33. The molecule has 0 N–H and O–H groups in total. The predicted octanol–water partition coefficient (Wildman–Crippen LogP) is 4.59. The van der Waals surface area contributed by atoms with Crippen molar-refractivity contribution in [3.05, 3.63) is 24.1 Å². The van der Waals surface area contributed by atoms with Gasteiger partial charge in [0, 0.05) is 11.3 Å². The van der Waals surface area contributed by atoms with E-state index in [1.54, 1.807) is 18.9 Å². The Labute approximate surface area is 130 Å². The van der Waals surface area contributed by atoms with Crippen LogP contribution in [0, 0.1) is 0 Å². The van der Waals surface area contributed by atoms with E-state index in [9.17, 15) is 0 Å². The summed E-state index contributed by atoms with van der Waals surface area (Å²) in [6.45, 7) is 2.20. The summed E-state index contributed by atoms with van der Waals surface area (Å²) in [6.07, 6.45) is 7.67. The van der Waals surface area contributed by atoms with Crippen LogP contribution in [0.2, 0.25) is 0 Å². The van der Waals surface area contributed by atoms with E-state index in [4.69, 9.17) is 9.15 Å². The van der Waals surface area contributed by atoms with Crippen molar-refractivity contribution < 1.29 is 9.15 Å². The number of benzene rings is 1. The average molecular weight is 306 g/mol. The number of aryl methyl sites for hydroxylation is 1. The SMILES string of the molecule is CCCCCCc1nnc(-c2ccc(SC)cc2OC)o1. The van der Waals surface area contributed by atoms with Gasteiger partial charge in [0.15, 0.2) is 0 Å². The van der Waals surface area contributed by atoms with Crippen molar-refractivity contribution >= 4 is 11.8 Å². The molecule has 1 aromatic carbocycles. The molecule has 114 valence electrons. The minimum absolute atomic E-state index is 0.532. The van der Waals surface area contributed by atoms with E-state index in [1.807, 2.05) is 24.5 Å². The van der Waals surface area contributed by atoms with Gasteiger partial charge in [0.2, 0.25) is 5.89 Å². The molecule has 0 aliphatic carbocycles. The van der Waals surface area contributed by atoms with Crippen molar-refractivity contribution in [3.8, 4) is 17.2 Å². The monoisotopic (exact) mass is 306 g/mol. The Hall–Kier alpha value is -1.49. The summed E-state index contributed by atoms with van der Waals surface area (Å²) in [7, 11) is 1.66. The van der Waals surface area contributed by atoms with E-state index in [1.165, 1.54) is 19.3 Å². The molecule has 1 heterocycles. The van der Waals surface area contributed by atoms with Gasteiger partial charge in [-0.05, 0) is 30.9 Å². The molecule has 0 aliphatic rings. The van der Waals surface area contributed by atoms with E-state index in [2.05, 4.69) is 17.1 Å². The van der Waals surface area contributed by atoms with Crippen LogP contribution in [0.1, 0.15) is 38.5 Å². The average Bonchev–Trinajstić information content (AvgIpc) is 2.99. The molecular weight excluding hydrogens is 284 g/mol. The van der Waals surface area contributed by atoms with Gasteiger partial charge in [-0.1, -0.05) is 26.2 Å². The number of ether oxygens (including phenoxy) is 1. The molecule has 2 aromatic rings. The highest BCUT2D eigenvalue weighted by Gasteiger charge is 2.14. The summed E-state index contributed by atoms with van der Waals surface area (Å²) in [5, 5.41) is 8.28. The molecule has 0 amide bonds. The quantitative estimate of drug-likeness (QED) is 0.527. The fourth-order valence-electron chi connectivity index (χ4n) is 2.14. The molecule has 0 fully saturated rings. The lowest BCUT2D eigenvalue weighted by molar-refractivity contribution is 0.412. The standard InChI is InChI=1S/C16H22N2O2S/c1-4-5-6-7-8-15-17-18-16(20-15)13-10-9-12(21-3)11-14(13)19-2/h9-11H,4-8H2,1-3H3. The Morgan fingerprint density at radius 2 is 2.05 bits per heavy atom. The smallest absolute Gasteiger partial charge is 0.251 e. The van der Waals surface area contributed by atoms with Crippen LogP contribution in [0.25, 0.3) is 11.5 Å². The number of aromatic nitrogens is 2. The maximum absolute atomic E-state index is 5.76. The first kappa shape index (κ1) is 15.9. The highest BCUT2D eigenvalue weighted by Crippen LogP contribution is 2.32. The highest BCUT2D eigenvalue weighted by molar-refractivity contribution is 7.98. The Balaban J connectivity index is 2.10. The molecular formula is C16H22N2O2S. The van der Waals surface area contributed by atoms with Gasteiger partial charge in [-0.15, -0.1) is 22.0 Å². The predicted molar refractivity (Wildman–Crippen MR) is 85.9 cm³/mol. The minimum atomic E-state index is 0.532. The third-order valence-corrected chi connectivity index (χ3v) is 4.08. The number of hydrogen-bond donors (Lipinski definition) is 0. The summed E-state index contributed by atoms with van der Waals surface area (Å²) in [5.41, 5.74) is 0.850. The molecule has 4 nitrogen and oxygen atoms in total. The van der Waals surface area contributed by atoms with Crippen molar-refractivity contribution in [2.24, 2.45) is 0 Å². The lowest BCUT2D eigenvalue weighted by atomic mass is 10.1. The van der Waals surface area contributed by atoms with E-state index < -0.39 is 0 Å². The number of hydrogen-bond acceptors (Lipinski definition) is 5. The van der Waals surface area contributed by atoms with Crippen molar-refractivity contribution in [1.29, 1.82) is 0 Å². The number of methoxy groups -OCH3 is 1. The van der Waals surface area contributed by atoms with Gasteiger partial charge >= 0.3 is 0 Å². The van der Waals surface area contributed by atoms with Crippen LogP contribution in [0.5, 0.6) is 5.75 Å². The second-order valence-corrected chi connectivity index (χ2v) is 5.76. The molecule has 0 saturated heterocycles. The van der Waals surface area contributed by atoms with Crippen LogP contribution >= 0.6 is 11.8 Å². The van der Waals surface area contributed by atoms with Crippen LogP contribution in [0.4, 0.5) is 0 Å². The molecule has 1 aromatic heterocycles. The van der Waals surface area contributed by atoms with E-state index in [0.29, 0.717) is 11.8 Å². The largest absolute Gasteiger partial charge is 0.496 e.